The van der Waals surface area contributed by atoms with Crippen molar-refractivity contribution in [3.63, 3.8) is 0 Å². The Balaban J connectivity index is 2.66. The minimum absolute atomic E-state index is 0.0909. The Labute approximate surface area is 103 Å². The molecule has 1 amide bonds. The molecule has 0 spiro atoms. The fourth-order valence-corrected chi connectivity index (χ4v) is 1.65. The number of aliphatic imine (C=N–C) groups is 1. The minimum Gasteiger partial charge on any atom is -0.394 e. The second-order valence-electron chi connectivity index (χ2n) is 4.69. The third-order valence-corrected chi connectivity index (χ3v) is 2.45. The Morgan fingerprint density at radius 2 is 2.29 bits per heavy atom. The van der Waals surface area contributed by atoms with Gasteiger partial charge in [-0.2, -0.15) is 0 Å². The lowest BCUT2D eigenvalue weighted by molar-refractivity contribution is -0.118. The van der Waals surface area contributed by atoms with Crippen molar-refractivity contribution < 1.29 is 4.79 Å². The quantitative estimate of drug-likeness (QED) is 0.687. The fourth-order valence-electron chi connectivity index (χ4n) is 1.65. The normalized spacial score (nSPS) is 18.8. The van der Waals surface area contributed by atoms with E-state index in [1.165, 1.54) is 0 Å². The van der Waals surface area contributed by atoms with Gasteiger partial charge in [0, 0.05) is 25.7 Å². The summed E-state index contributed by atoms with van der Waals surface area (Å²) in [4.78, 5) is 18.2. The molecule has 0 unspecified atom stereocenters. The maximum absolute atomic E-state index is 11.6. The van der Waals surface area contributed by atoms with Crippen molar-refractivity contribution in [2.75, 3.05) is 26.7 Å². The van der Waals surface area contributed by atoms with Gasteiger partial charge in [-0.3, -0.25) is 9.79 Å². The van der Waals surface area contributed by atoms with Crippen molar-refractivity contribution >= 4 is 11.6 Å². The van der Waals surface area contributed by atoms with Crippen LogP contribution in [0.25, 0.3) is 0 Å². The third kappa shape index (κ3) is 4.99. The van der Waals surface area contributed by atoms with Crippen LogP contribution in [0.4, 0.5) is 0 Å². The van der Waals surface area contributed by atoms with Gasteiger partial charge < -0.3 is 16.0 Å². The summed E-state index contributed by atoms with van der Waals surface area (Å²) in [5.74, 6) is -0.227. The fraction of sp³-hybridized carbons (Fsp3) is 0.667. The molecule has 0 fully saturated rings. The maximum Gasteiger partial charge on any atom is 0.267 e. The van der Waals surface area contributed by atoms with Crippen LogP contribution in [0.3, 0.4) is 0 Å². The van der Waals surface area contributed by atoms with E-state index < -0.39 is 0 Å². The van der Waals surface area contributed by atoms with E-state index in [1.807, 2.05) is 20.9 Å². The molecule has 1 aliphatic heterocycles. The zero-order valence-corrected chi connectivity index (χ0v) is 10.9. The van der Waals surface area contributed by atoms with Gasteiger partial charge in [-0.15, -0.1) is 0 Å². The molecular formula is C12H22N4O. The van der Waals surface area contributed by atoms with E-state index in [2.05, 4.69) is 15.2 Å². The lowest BCUT2D eigenvalue weighted by atomic mass is 10.2. The SMILES string of the molecule is CC(C)NC(=O)/C(N)=C/C1=NCCCN(C)C1. The molecule has 0 bridgehead atoms. The summed E-state index contributed by atoms with van der Waals surface area (Å²) < 4.78 is 0. The van der Waals surface area contributed by atoms with Gasteiger partial charge in [0.25, 0.3) is 5.91 Å². The Hall–Kier alpha value is -1.36. The van der Waals surface area contributed by atoms with Crippen molar-refractivity contribution in [3.8, 4) is 0 Å². The van der Waals surface area contributed by atoms with Crippen LogP contribution in [0, 0.1) is 0 Å². The Morgan fingerprint density at radius 3 is 2.94 bits per heavy atom. The molecule has 0 aliphatic carbocycles. The number of carbonyl (C=O) groups excluding carboxylic acids is 1. The predicted molar refractivity (Wildman–Crippen MR) is 70.0 cm³/mol. The van der Waals surface area contributed by atoms with Crippen molar-refractivity contribution in [2.24, 2.45) is 10.7 Å². The van der Waals surface area contributed by atoms with E-state index in [-0.39, 0.29) is 17.6 Å². The first-order valence-electron chi connectivity index (χ1n) is 5.99. The molecule has 0 aromatic carbocycles. The molecule has 0 aromatic heterocycles. The van der Waals surface area contributed by atoms with E-state index in [1.54, 1.807) is 6.08 Å². The first kappa shape index (κ1) is 13.7. The van der Waals surface area contributed by atoms with Gasteiger partial charge in [-0.05, 0) is 33.4 Å². The third-order valence-electron chi connectivity index (χ3n) is 2.45. The molecule has 5 nitrogen and oxygen atoms in total. The second kappa shape index (κ2) is 6.39. The molecule has 1 rings (SSSR count). The topological polar surface area (TPSA) is 70.7 Å². The molecule has 96 valence electrons. The lowest BCUT2D eigenvalue weighted by Crippen LogP contribution is -2.34. The van der Waals surface area contributed by atoms with Crippen molar-refractivity contribution in [3.05, 3.63) is 11.8 Å². The molecule has 5 heteroatoms. The molecule has 17 heavy (non-hydrogen) atoms. The highest BCUT2D eigenvalue weighted by molar-refractivity contribution is 6.04. The van der Waals surface area contributed by atoms with Crippen LogP contribution in [0.2, 0.25) is 0 Å². The summed E-state index contributed by atoms with van der Waals surface area (Å²) in [6, 6.07) is 0.0909. The van der Waals surface area contributed by atoms with Gasteiger partial charge in [-0.1, -0.05) is 0 Å². The number of amides is 1. The highest BCUT2D eigenvalue weighted by Gasteiger charge is 2.11. The van der Waals surface area contributed by atoms with Crippen molar-refractivity contribution in [2.45, 2.75) is 26.3 Å². The van der Waals surface area contributed by atoms with E-state index in [4.69, 9.17) is 5.73 Å². The summed E-state index contributed by atoms with van der Waals surface area (Å²) in [6.45, 7) is 6.38. The van der Waals surface area contributed by atoms with E-state index in [9.17, 15) is 4.79 Å². The van der Waals surface area contributed by atoms with Crippen LogP contribution < -0.4 is 11.1 Å². The van der Waals surface area contributed by atoms with E-state index in [0.29, 0.717) is 0 Å². The van der Waals surface area contributed by atoms with Crippen LogP contribution in [-0.2, 0) is 4.79 Å². The number of hydrogen-bond donors (Lipinski definition) is 2. The van der Waals surface area contributed by atoms with Crippen LogP contribution in [0.15, 0.2) is 16.8 Å². The number of nitrogens with zero attached hydrogens (tertiary/aromatic N) is 2. The number of rotatable bonds is 3. The summed E-state index contributed by atoms with van der Waals surface area (Å²) in [5.41, 5.74) is 6.85. The summed E-state index contributed by atoms with van der Waals surface area (Å²) in [5, 5.41) is 2.76. The monoisotopic (exact) mass is 238 g/mol. The summed E-state index contributed by atoms with van der Waals surface area (Å²) in [6.07, 6.45) is 2.73. The van der Waals surface area contributed by atoms with Crippen LogP contribution in [-0.4, -0.2) is 49.2 Å². The number of hydrogen-bond acceptors (Lipinski definition) is 4. The summed E-state index contributed by atoms with van der Waals surface area (Å²) in [7, 11) is 2.04. The second-order valence-corrected chi connectivity index (χ2v) is 4.69. The predicted octanol–water partition coefficient (Wildman–Crippen LogP) is 0.130. The number of nitrogens with one attached hydrogen (secondary N) is 1. The highest BCUT2D eigenvalue weighted by Crippen LogP contribution is 2.00. The van der Waals surface area contributed by atoms with Crippen LogP contribution >= 0.6 is 0 Å². The Morgan fingerprint density at radius 1 is 1.59 bits per heavy atom. The van der Waals surface area contributed by atoms with E-state index >= 15 is 0 Å². The van der Waals surface area contributed by atoms with Crippen molar-refractivity contribution in [1.82, 2.24) is 10.2 Å². The zero-order valence-electron chi connectivity index (χ0n) is 10.9. The van der Waals surface area contributed by atoms with Gasteiger partial charge in [0.05, 0.1) is 11.4 Å². The van der Waals surface area contributed by atoms with Gasteiger partial charge in [0.15, 0.2) is 0 Å². The molecule has 0 atom stereocenters. The number of carbonyl (C=O) groups is 1. The lowest BCUT2D eigenvalue weighted by Gasteiger charge is -2.13. The summed E-state index contributed by atoms with van der Waals surface area (Å²) >= 11 is 0. The van der Waals surface area contributed by atoms with Crippen LogP contribution in [0.5, 0.6) is 0 Å². The molecule has 0 radical (unpaired) electrons. The highest BCUT2D eigenvalue weighted by atomic mass is 16.2. The van der Waals surface area contributed by atoms with Crippen molar-refractivity contribution in [1.29, 1.82) is 0 Å². The Bertz CT molecular complexity index is 333. The first-order chi connectivity index (χ1) is 7.99. The van der Waals surface area contributed by atoms with Gasteiger partial charge in [-0.25, -0.2) is 0 Å². The zero-order chi connectivity index (χ0) is 12.8. The van der Waals surface area contributed by atoms with Gasteiger partial charge in [0.2, 0.25) is 0 Å². The largest absolute Gasteiger partial charge is 0.394 e. The Kier molecular flexibility index (Phi) is 5.15. The maximum atomic E-state index is 11.6. The van der Waals surface area contributed by atoms with Crippen LogP contribution in [0.1, 0.15) is 20.3 Å². The average molecular weight is 238 g/mol. The molecule has 3 N–H and O–H groups in total. The molecule has 1 heterocycles. The minimum atomic E-state index is -0.227. The van der Waals surface area contributed by atoms with Gasteiger partial charge >= 0.3 is 0 Å². The molecule has 0 aromatic rings. The number of nitrogens with two attached hydrogens (primary N) is 1. The molecule has 1 aliphatic rings. The molecule has 0 saturated carbocycles. The smallest absolute Gasteiger partial charge is 0.267 e. The first-order valence-corrected chi connectivity index (χ1v) is 5.99. The molecular weight excluding hydrogens is 216 g/mol. The van der Waals surface area contributed by atoms with E-state index in [0.717, 1.165) is 31.8 Å². The van der Waals surface area contributed by atoms with Gasteiger partial charge in [0.1, 0.15) is 0 Å². The molecule has 0 saturated heterocycles. The standard InChI is InChI=1S/C12H22N4O/c1-9(2)15-12(17)11(13)7-10-8-16(3)6-4-5-14-10/h7,9H,4-6,8,13H2,1-3H3,(H,15,17)/b11-7-. The average Bonchev–Trinajstić information content (AvgIpc) is 2.41.